The Labute approximate surface area is 141 Å². The lowest BCUT2D eigenvalue weighted by atomic mass is 10.0. The van der Waals surface area contributed by atoms with E-state index in [1.807, 2.05) is 18.2 Å². The first-order valence-corrected chi connectivity index (χ1v) is 8.07. The highest BCUT2D eigenvalue weighted by atomic mass is 35.5. The molecule has 124 valence electrons. The van der Waals surface area contributed by atoms with Crippen molar-refractivity contribution in [2.45, 2.75) is 26.4 Å². The van der Waals surface area contributed by atoms with Gasteiger partial charge in [0, 0.05) is 19.1 Å². The van der Waals surface area contributed by atoms with Gasteiger partial charge in [0.25, 0.3) is 5.56 Å². The zero-order chi connectivity index (χ0) is 16.8. The number of hydrogen-bond donors (Lipinski definition) is 2. The van der Waals surface area contributed by atoms with E-state index < -0.39 is 0 Å². The summed E-state index contributed by atoms with van der Waals surface area (Å²) >= 11 is 6.05. The number of aromatic amines is 1. The SMILES string of the molecule is CC(C)C(CN(C)Cc1ccccc1)Nc1cn[nH]c(=O)c1Cl. The molecule has 2 aromatic rings. The van der Waals surface area contributed by atoms with Gasteiger partial charge in [0.2, 0.25) is 0 Å². The summed E-state index contributed by atoms with van der Waals surface area (Å²) in [5, 5.41) is 9.63. The van der Waals surface area contributed by atoms with Gasteiger partial charge in [-0.1, -0.05) is 55.8 Å². The summed E-state index contributed by atoms with van der Waals surface area (Å²) < 4.78 is 0. The number of H-pyrrole nitrogens is 1. The first-order chi connectivity index (χ1) is 11.0. The number of halogens is 1. The van der Waals surface area contributed by atoms with E-state index >= 15 is 0 Å². The van der Waals surface area contributed by atoms with E-state index in [1.165, 1.54) is 5.56 Å². The maximum Gasteiger partial charge on any atom is 0.285 e. The smallest absolute Gasteiger partial charge is 0.285 e. The predicted octanol–water partition coefficient (Wildman–Crippen LogP) is 2.99. The average Bonchev–Trinajstić information content (AvgIpc) is 2.51. The number of likely N-dealkylation sites (N-methyl/N-ethyl adjacent to an activating group) is 1. The molecular weight excluding hydrogens is 312 g/mol. The third-order valence-electron chi connectivity index (χ3n) is 3.74. The van der Waals surface area contributed by atoms with Crippen LogP contribution in [-0.2, 0) is 6.54 Å². The number of aromatic nitrogens is 2. The molecule has 1 aromatic carbocycles. The Morgan fingerprint density at radius 3 is 2.65 bits per heavy atom. The van der Waals surface area contributed by atoms with Crippen LogP contribution in [0.25, 0.3) is 0 Å². The Morgan fingerprint density at radius 2 is 2.00 bits per heavy atom. The molecule has 6 heteroatoms. The number of nitrogens with one attached hydrogen (secondary N) is 2. The lowest BCUT2D eigenvalue weighted by molar-refractivity contribution is 0.286. The molecule has 1 atom stereocenters. The molecule has 0 aliphatic carbocycles. The van der Waals surface area contributed by atoms with Crippen molar-refractivity contribution in [3.8, 4) is 0 Å². The van der Waals surface area contributed by atoms with Crippen molar-refractivity contribution in [2.75, 3.05) is 18.9 Å². The van der Waals surface area contributed by atoms with Crippen molar-refractivity contribution in [3.63, 3.8) is 0 Å². The standard InChI is InChI=1S/C17H23ClN4O/c1-12(2)15(20-14-9-19-21-17(23)16(14)18)11-22(3)10-13-7-5-4-6-8-13/h4-9,12,15H,10-11H2,1-3H3,(H2,20,21,23). The second-order valence-electron chi connectivity index (χ2n) is 6.10. The fourth-order valence-corrected chi connectivity index (χ4v) is 2.55. The normalized spacial score (nSPS) is 12.6. The van der Waals surface area contributed by atoms with E-state index in [0.29, 0.717) is 11.6 Å². The molecule has 5 nitrogen and oxygen atoms in total. The molecule has 0 aliphatic heterocycles. The number of benzene rings is 1. The molecule has 0 bridgehead atoms. The van der Waals surface area contributed by atoms with Gasteiger partial charge in [0.05, 0.1) is 11.9 Å². The van der Waals surface area contributed by atoms with Gasteiger partial charge in [-0.3, -0.25) is 4.79 Å². The summed E-state index contributed by atoms with van der Waals surface area (Å²) in [6.07, 6.45) is 1.55. The molecule has 0 amide bonds. The van der Waals surface area contributed by atoms with Crippen LogP contribution in [0.3, 0.4) is 0 Å². The van der Waals surface area contributed by atoms with Crippen LogP contribution in [0.2, 0.25) is 5.02 Å². The van der Waals surface area contributed by atoms with E-state index in [9.17, 15) is 4.79 Å². The molecule has 0 aliphatic rings. The molecule has 0 saturated heterocycles. The minimum absolute atomic E-state index is 0.149. The van der Waals surface area contributed by atoms with E-state index in [-0.39, 0.29) is 16.6 Å². The molecule has 0 fully saturated rings. The molecule has 0 spiro atoms. The summed E-state index contributed by atoms with van der Waals surface area (Å²) in [7, 11) is 2.09. The third-order valence-corrected chi connectivity index (χ3v) is 4.12. The first kappa shape index (κ1) is 17.5. The van der Waals surface area contributed by atoms with Crippen molar-refractivity contribution in [1.82, 2.24) is 15.1 Å². The highest BCUT2D eigenvalue weighted by Gasteiger charge is 2.18. The molecular formula is C17H23ClN4O. The summed E-state index contributed by atoms with van der Waals surface area (Å²) in [6, 6.07) is 10.5. The Kier molecular flexibility index (Phi) is 6.19. The predicted molar refractivity (Wildman–Crippen MR) is 94.9 cm³/mol. The van der Waals surface area contributed by atoms with Gasteiger partial charge < -0.3 is 10.2 Å². The number of nitrogens with zero attached hydrogens (tertiary/aromatic N) is 2. The number of rotatable bonds is 7. The lowest BCUT2D eigenvalue weighted by Crippen LogP contribution is -2.38. The minimum Gasteiger partial charge on any atom is -0.378 e. The molecule has 0 saturated carbocycles. The second-order valence-corrected chi connectivity index (χ2v) is 6.48. The van der Waals surface area contributed by atoms with Crippen molar-refractivity contribution < 1.29 is 0 Å². The van der Waals surface area contributed by atoms with Gasteiger partial charge in [-0.2, -0.15) is 5.10 Å². The zero-order valence-corrected chi connectivity index (χ0v) is 14.5. The fraction of sp³-hybridized carbons (Fsp3) is 0.412. The van der Waals surface area contributed by atoms with E-state index in [1.54, 1.807) is 6.20 Å². The topological polar surface area (TPSA) is 61.0 Å². The highest BCUT2D eigenvalue weighted by molar-refractivity contribution is 6.32. The van der Waals surface area contributed by atoms with Crippen LogP contribution in [0.4, 0.5) is 5.69 Å². The molecule has 0 radical (unpaired) electrons. The summed E-state index contributed by atoms with van der Waals surface area (Å²) in [6.45, 7) is 5.98. The largest absolute Gasteiger partial charge is 0.378 e. The first-order valence-electron chi connectivity index (χ1n) is 7.69. The van der Waals surface area contributed by atoms with Crippen LogP contribution in [0, 0.1) is 5.92 Å². The average molecular weight is 335 g/mol. The molecule has 23 heavy (non-hydrogen) atoms. The van der Waals surface area contributed by atoms with E-state index in [0.717, 1.165) is 13.1 Å². The lowest BCUT2D eigenvalue weighted by Gasteiger charge is -2.28. The highest BCUT2D eigenvalue weighted by Crippen LogP contribution is 2.19. The number of anilines is 1. The van der Waals surface area contributed by atoms with Gasteiger partial charge in [-0.05, 0) is 18.5 Å². The second kappa shape index (κ2) is 8.13. The van der Waals surface area contributed by atoms with Gasteiger partial charge in [-0.15, -0.1) is 0 Å². The van der Waals surface area contributed by atoms with Crippen molar-refractivity contribution in [2.24, 2.45) is 5.92 Å². The Hall–Kier alpha value is -1.85. The summed E-state index contributed by atoms with van der Waals surface area (Å²) in [4.78, 5) is 13.8. The van der Waals surface area contributed by atoms with Crippen LogP contribution in [0.15, 0.2) is 41.3 Å². The Balaban J connectivity index is 2.04. The molecule has 1 unspecified atom stereocenters. The molecule has 2 rings (SSSR count). The van der Waals surface area contributed by atoms with E-state index in [2.05, 4.69) is 53.4 Å². The van der Waals surface area contributed by atoms with Crippen molar-refractivity contribution in [3.05, 3.63) is 57.5 Å². The van der Waals surface area contributed by atoms with Gasteiger partial charge in [-0.25, -0.2) is 5.10 Å². The Bertz CT molecular complexity index is 672. The molecule has 1 heterocycles. The van der Waals surface area contributed by atoms with Crippen LogP contribution in [-0.4, -0.2) is 34.7 Å². The quantitative estimate of drug-likeness (QED) is 0.817. The van der Waals surface area contributed by atoms with Crippen LogP contribution in [0.5, 0.6) is 0 Å². The fourth-order valence-electron chi connectivity index (χ4n) is 2.40. The van der Waals surface area contributed by atoms with E-state index in [4.69, 9.17) is 11.6 Å². The molecule has 2 N–H and O–H groups in total. The van der Waals surface area contributed by atoms with Crippen molar-refractivity contribution in [1.29, 1.82) is 0 Å². The minimum atomic E-state index is -0.378. The maximum atomic E-state index is 11.6. The zero-order valence-electron chi connectivity index (χ0n) is 13.7. The van der Waals surface area contributed by atoms with Gasteiger partial charge in [0.1, 0.15) is 5.02 Å². The van der Waals surface area contributed by atoms with Crippen LogP contribution in [0.1, 0.15) is 19.4 Å². The van der Waals surface area contributed by atoms with Gasteiger partial charge >= 0.3 is 0 Å². The van der Waals surface area contributed by atoms with Gasteiger partial charge in [0.15, 0.2) is 0 Å². The van der Waals surface area contributed by atoms with Crippen LogP contribution >= 0.6 is 11.6 Å². The summed E-state index contributed by atoms with van der Waals surface area (Å²) in [5.74, 6) is 0.378. The van der Waals surface area contributed by atoms with Crippen molar-refractivity contribution >= 4 is 17.3 Å². The number of hydrogen-bond acceptors (Lipinski definition) is 4. The third kappa shape index (κ3) is 5.08. The van der Waals surface area contributed by atoms with Crippen LogP contribution < -0.4 is 10.9 Å². The monoisotopic (exact) mass is 334 g/mol. The summed E-state index contributed by atoms with van der Waals surface area (Å²) in [5.41, 5.74) is 1.47. The Morgan fingerprint density at radius 1 is 1.30 bits per heavy atom. The maximum absolute atomic E-state index is 11.6. The molecule has 1 aromatic heterocycles.